The average Bonchev–Trinajstić information content (AvgIpc) is 2.49. The van der Waals surface area contributed by atoms with Gasteiger partial charge in [0.2, 0.25) is 0 Å². The molecule has 0 aliphatic carbocycles. The Morgan fingerprint density at radius 1 is 1.23 bits per heavy atom. The van der Waals surface area contributed by atoms with Gasteiger partial charge in [-0.15, -0.1) is 0 Å². The van der Waals surface area contributed by atoms with Crippen LogP contribution in [0.15, 0.2) is 46.0 Å². The normalized spacial score (nSPS) is 10.3. The van der Waals surface area contributed by atoms with Crippen molar-refractivity contribution >= 4 is 68.0 Å². The van der Waals surface area contributed by atoms with Gasteiger partial charge in [0.05, 0.1) is 22.3 Å². The second kappa shape index (κ2) is 6.89. The van der Waals surface area contributed by atoms with Gasteiger partial charge in [-0.1, -0.05) is 12.1 Å². The summed E-state index contributed by atoms with van der Waals surface area (Å²) >= 11 is 0. The minimum atomic E-state index is -0.577. The number of H-pyrrole nitrogens is 1. The molecule has 107 valence electrons. The van der Waals surface area contributed by atoms with Crippen molar-refractivity contribution in [3.63, 3.8) is 0 Å². The predicted molar refractivity (Wildman–Crippen MR) is 85.7 cm³/mol. The van der Waals surface area contributed by atoms with Crippen molar-refractivity contribution in [2.24, 2.45) is 0 Å². The molecule has 0 spiro atoms. The molecule has 22 heavy (non-hydrogen) atoms. The van der Waals surface area contributed by atoms with E-state index in [0.717, 1.165) is 10.6 Å². The van der Waals surface area contributed by atoms with Gasteiger partial charge in [0.15, 0.2) is 0 Å². The molecule has 1 heterocycles. The Kier molecular flexibility index (Phi) is 5.35. The third kappa shape index (κ3) is 2.95. The van der Waals surface area contributed by atoms with Gasteiger partial charge in [0.1, 0.15) is 5.82 Å². The zero-order valence-corrected chi connectivity index (χ0v) is 11.1. The number of halogens is 1. The van der Waals surface area contributed by atoms with E-state index in [1.165, 1.54) is 6.07 Å². The van der Waals surface area contributed by atoms with Crippen LogP contribution in [0, 0.1) is 11.9 Å². The quantitative estimate of drug-likeness (QED) is 0.692. The monoisotopic (exact) mass is 324 g/mol. The number of aromatic nitrogens is 2. The number of nitrogens with zero attached hydrogens (tertiary/aromatic N) is 1. The van der Waals surface area contributed by atoms with Gasteiger partial charge in [-0.2, -0.15) is 0 Å². The molecule has 7 heteroatoms. The first-order valence-corrected chi connectivity index (χ1v) is 6.24. The Balaban J connectivity index is 0.00000176. The molecule has 0 aliphatic rings. The fourth-order valence-corrected chi connectivity index (χ4v) is 2.19. The van der Waals surface area contributed by atoms with Crippen LogP contribution in [0.3, 0.4) is 0 Å². The number of hydrogen-bond acceptors (Lipinski definition) is 3. The molecular weight excluding hydrogens is 312 g/mol. The first kappa shape index (κ1) is 17.1. The van der Waals surface area contributed by atoms with E-state index < -0.39 is 17.1 Å². The second-order valence-corrected chi connectivity index (χ2v) is 4.46. The summed E-state index contributed by atoms with van der Waals surface area (Å²) in [6, 6.07) is 11.7. The number of anilines is 1. The summed E-state index contributed by atoms with van der Waals surface area (Å²) in [5.74, 6) is -0.554. The van der Waals surface area contributed by atoms with Crippen molar-refractivity contribution in [3.05, 3.63) is 69.1 Å². The molecular formula is C15H12FKN3O2. The third-order valence-corrected chi connectivity index (χ3v) is 3.21. The van der Waals surface area contributed by atoms with Crippen molar-refractivity contribution in [1.82, 2.24) is 9.55 Å². The van der Waals surface area contributed by atoms with Crippen LogP contribution in [0.5, 0.6) is 0 Å². The Hall–Kier alpha value is -1.25. The van der Waals surface area contributed by atoms with Gasteiger partial charge in [-0.3, -0.25) is 4.79 Å². The Morgan fingerprint density at radius 3 is 2.55 bits per heavy atom. The number of aromatic amines is 1. The molecule has 1 radical (unpaired) electrons. The fourth-order valence-electron chi connectivity index (χ4n) is 2.19. The van der Waals surface area contributed by atoms with E-state index in [0.29, 0.717) is 5.69 Å². The predicted octanol–water partition coefficient (Wildman–Crippen LogP) is 1.01. The molecule has 0 amide bonds. The molecule has 3 rings (SSSR count). The minimum absolute atomic E-state index is 0. The summed E-state index contributed by atoms with van der Waals surface area (Å²) in [4.78, 5) is 27.2. The molecule has 0 aliphatic heterocycles. The van der Waals surface area contributed by atoms with E-state index in [1.807, 2.05) is 0 Å². The van der Waals surface area contributed by atoms with Gasteiger partial charge in [0.25, 0.3) is 5.56 Å². The van der Waals surface area contributed by atoms with E-state index in [9.17, 15) is 14.0 Å². The summed E-state index contributed by atoms with van der Waals surface area (Å²) in [6.07, 6.45) is 0. The van der Waals surface area contributed by atoms with Crippen LogP contribution < -0.4 is 16.6 Å². The van der Waals surface area contributed by atoms with Gasteiger partial charge >= 0.3 is 57.1 Å². The molecule has 1 aromatic heterocycles. The molecule has 3 aromatic rings. The van der Waals surface area contributed by atoms with Gasteiger partial charge in [-0.05, 0) is 30.3 Å². The standard InChI is InChI=1S/C15H11FN3O2.K.H/c1-17-13-8-12-10(7-11(13)16)14(20)19(15(21)18-12)9-5-3-2-4-6-9;;/h3-8,17H,1H3,(H,18,21);;. The molecule has 0 saturated carbocycles. The van der Waals surface area contributed by atoms with Crippen molar-refractivity contribution in [1.29, 1.82) is 0 Å². The Labute approximate surface area is 167 Å². The molecule has 0 unspecified atom stereocenters. The van der Waals surface area contributed by atoms with Crippen LogP contribution in [0.1, 0.15) is 0 Å². The molecule has 0 saturated heterocycles. The maximum atomic E-state index is 13.8. The van der Waals surface area contributed by atoms with Crippen molar-refractivity contribution in [2.45, 2.75) is 0 Å². The molecule has 0 fully saturated rings. The van der Waals surface area contributed by atoms with Crippen molar-refractivity contribution in [3.8, 4) is 5.69 Å². The third-order valence-electron chi connectivity index (χ3n) is 3.21. The van der Waals surface area contributed by atoms with E-state index in [2.05, 4.69) is 16.4 Å². The molecule has 0 bridgehead atoms. The SMILES string of the molecule is CNc1cc2[nH]c(=O)n(-c3cc[c]cc3)c(=O)c2cc1F.[KH]. The number of rotatable bonds is 2. The van der Waals surface area contributed by atoms with Crippen LogP contribution in [-0.2, 0) is 0 Å². The topological polar surface area (TPSA) is 66.9 Å². The van der Waals surface area contributed by atoms with E-state index >= 15 is 0 Å². The Morgan fingerprint density at radius 2 is 1.91 bits per heavy atom. The van der Waals surface area contributed by atoms with Crippen LogP contribution in [0.25, 0.3) is 16.6 Å². The first-order chi connectivity index (χ1) is 10.1. The summed E-state index contributed by atoms with van der Waals surface area (Å²) in [5.41, 5.74) is -0.243. The van der Waals surface area contributed by atoms with Crippen LogP contribution in [0.4, 0.5) is 10.1 Å². The first-order valence-electron chi connectivity index (χ1n) is 6.24. The van der Waals surface area contributed by atoms with Crippen LogP contribution in [0.2, 0.25) is 0 Å². The molecule has 0 atom stereocenters. The fraction of sp³-hybridized carbons (Fsp3) is 0.0667. The van der Waals surface area contributed by atoms with Gasteiger partial charge in [0, 0.05) is 7.05 Å². The summed E-state index contributed by atoms with van der Waals surface area (Å²) in [5, 5.41) is 2.77. The summed E-state index contributed by atoms with van der Waals surface area (Å²) in [7, 11) is 1.56. The van der Waals surface area contributed by atoms with Gasteiger partial charge < -0.3 is 10.3 Å². The van der Waals surface area contributed by atoms with Crippen LogP contribution in [-0.4, -0.2) is 68.0 Å². The zero-order chi connectivity index (χ0) is 15.0. The van der Waals surface area contributed by atoms with Gasteiger partial charge in [-0.25, -0.2) is 13.8 Å². The van der Waals surface area contributed by atoms with Crippen molar-refractivity contribution in [2.75, 3.05) is 12.4 Å². The molecule has 2 aromatic carbocycles. The van der Waals surface area contributed by atoms with E-state index in [-0.39, 0.29) is 68.0 Å². The summed E-state index contributed by atoms with van der Waals surface area (Å²) < 4.78 is 14.8. The zero-order valence-electron chi connectivity index (χ0n) is 11.1. The number of hydrogen-bond donors (Lipinski definition) is 2. The number of benzene rings is 2. The van der Waals surface area contributed by atoms with E-state index in [1.54, 1.807) is 31.3 Å². The molecule has 2 N–H and O–H groups in total. The number of nitrogens with one attached hydrogen (secondary N) is 2. The average molecular weight is 324 g/mol. The molecule has 5 nitrogen and oxygen atoms in total. The summed E-state index contributed by atoms with van der Waals surface area (Å²) in [6.45, 7) is 0. The van der Waals surface area contributed by atoms with E-state index in [4.69, 9.17) is 0 Å². The second-order valence-electron chi connectivity index (χ2n) is 4.46. The maximum absolute atomic E-state index is 13.8. The Bertz CT molecular complexity index is 935. The van der Waals surface area contributed by atoms with Crippen LogP contribution >= 0.6 is 0 Å². The number of fused-ring (bicyclic) bond motifs is 1. The van der Waals surface area contributed by atoms with Crippen molar-refractivity contribution < 1.29 is 4.39 Å².